The summed E-state index contributed by atoms with van der Waals surface area (Å²) in [4.78, 5) is 0. The Bertz CT molecular complexity index is 174. The minimum Gasteiger partial charge on any atom is -0.327 e. The summed E-state index contributed by atoms with van der Waals surface area (Å²) in [6.45, 7) is 7.05. The van der Waals surface area contributed by atoms with Crippen LogP contribution < -0.4 is 5.73 Å². The molecule has 4 atom stereocenters. The third-order valence-corrected chi connectivity index (χ3v) is 4.14. The van der Waals surface area contributed by atoms with Crippen molar-refractivity contribution in [2.24, 2.45) is 28.9 Å². The van der Waals surface area contributed by atoms with Crippen LogP contribution in [0.2, 0.25) is 0 Å². The quantitative estimate of drug-likeness (QED) is 0.566. The molecule has 2 fully saturated rings. The lowest BCUT2D eigenvalue weighted by Crippen LogP contribution is -2.34. The largest absolute Gasteiger partial charge is 0.327 e. The van der Waals surface area contributed by atoms with E-state index in [0.717, 1.165) is 17.8 Å². The first-order valence-corrected chi connectivity index (χ1v) is 4.80. The van der Waals surface area contributed by atoms with Gasteiger partial charge in [-0.2, -0.15) is 0 Å². The Hall–Kier alpha value is -0.0400. The first-order chi connectivity index (χ1) is 5.05. The van der Waals surface area contributed by atoms with Crippen LogP contribution >= 0.6 is 0 Å². The minimum absolute atomic E-state index is 0.490. The van der Waals surface area contributed by atoms with Crippen molar-refractivity contribution >= 4 is 0 Å². The van der Waals surface area contributed by atoms with E-state index in [9.17, 15) is 0 Å². The van der Waals surface area contributed by atoms with Crippen LogP contribution in [0.25, 0.3) is 0 Å². The molecule has 1 nitrogen and oxygen atoms in total. The van der Waals surface area contributed by atoms with Crippen molar-refractivity contribution in [2.75, 3.05) is 0 Å². The van der Waals surface area contributed by atoms with Gasteiger partial charge in [-0.3, -0.25) is 0 Å². The molecule has 0 spiro atoms. The first kappa shape index (κ1) is 7.60. The van der Waals surface area contributed by atoms with Crippen LogP contribution in [0.5, 0.6) is 0 Å². The lowest BCUT2D eigenvalue weighted by molar-refractivity contribution is 0.311. The van der Waals surface area contributed by atoms with Gasteiger partial charge >= 0.3 is 0 Å². The number of fused-ring (bicyclic) bond motifs is 1. The van der Waals surface area contributed by atoms with Crippen LogP contribution in [-0.2, 0) is 0 Å². The number of hydrogen-bond donors (Lipinski definition) is 1. The zero-order valence-electron chi connectivity index (χ0n) is 7.80. The highest BCUT2D eigenvalue weighted by Crippen LogP contribution is 2.65. The second-order valence-electron chi connectivity index (χ2n) is 5.09. The molecule has 2 aliphatic rings. The molecule has 0 bridgehead atoms. The fourth-order valence-corrected chi connectivity index (χ4v) is 3.09. The summed E-state index contributed by atoms with van der Waals surface area (Å²) in [6, 6.07) is 0.490. The molecule has 2 N–H and O–H groups in total. The molecule has 0 aromatic rings. The number of hydrogen-bond acceptors (Lipinski definition) is 1. The van der Waals surface area contributed by atoms with E-state index in [4.69, 9.17) is 5.73 Å². The molecular formula is C10H19N. The third kappa shape index (κ3) is 0.868. The van der Waals surface area contributed by atoms with Gasteiger partial charge < -0.3 is 5.73 Å². The van der Waals surface area contributed by atoms with Crippen LogP contribution in [0.15, 0.2) is 0 Å². The average molecular weight is 153 g/mol. The molecule has 2 rings (SSSR count). The Morgan fingerprint density at radius 2 is 1.91 bits per heavy atom. The standard InChI is InChI=1S/C10H19N/c1-6-4-5-7-8(9(6)11)10(7,2)3/h6-9H,4-5,11H2,1-3H3. The SMILES string of the molecule is CC1CCC2C(C1N)C2(C)C. The highest BCUT2D eigenvalue weighted by Gasteiger charge is 2.61. The van der Waals surface area contributed by atoms with Crippen molar-refractivity contribution in [1.29, 1.82) is 0 Å². The molecular weight excluding hydrogens is 134 g/mol. The Labute approximate surface area is 69.4 Å². The maximum atomic E-state index is 6.14. The summed E-state index contributed by atoms with van der Waals surface area (Å²) in [5, 5.41) is 0. The summed E-state index contributed by atoms with van der Waals surface area (Å²) in [7, 11) is 0. The normalized spacial score (nSPS) is 53.5. The van der Waals surface area contributed by atoms with Gasteiger partial charge in [0.05, 0.1) is 0 Å². The third-order valence-electron chi connectivity index (χ3n) is 4.14. The molecule has 64 valence electrons. The maximum absolute atomic E-state index is 6.14. The Kier molecular flexibility index (Phi) is 1.39. The van der Waals surface area contributed by atoms with E-state index in [2.05, 4.69) is 20.8 Å². The van der Waals surface area contributed by atoms with E-state index in [-0.39, 0.29) is 0 Å². The predicted molar refractivity (Wildman–Crippen MR) is 47.1 cm³/mol. The molecule has 2 aliphatic carbocycles. The highest BCUT2D eigenvalue weighted by atomic mass is 14.8. The molecule has 0 saturated heterocycles. The second-order valence-corrected chi connectivity index (χ2v) is 5.09. The summed E-state index contributed by atoms with van der Waals surface area (Å²) in [5.74, 6) is 2.55. The minimum atomic E-state index is 0.490. The van der Waals surface area contributed by atoms with Gasteiger partial charge in [0.2, 0.25) is 0 Å². The van der Waals surface area contributed by atoms with Gasteiger partial charge in [0, 0.05) is 6.04 Å². The molecule has 4 unspecified atom stereocenters. The maximum Gasteiger partial charge on any atom is 0.0101 e. The molecule has 0 amide bonds. The first-order valence-electron chi connectivity index (χ1n) is 4.80. The lowest BCUT2D eigenvalue weighted by atomic mass is 9.86. The fourth-order valence-electron chi connectivity index (χ4n) is 3.09. The smallest absolute Gasteiger partial charge is 0.0101 e. The van der Waals surface area contributed by atoms with Gasteiger partial charge in [-0.25, -0.2) is 0 Å². The van der Waals surface area contributed by atoms with Crippen molar-refractivity contribution in [3.63, 3.8) is 0 Å². The molecule has 0 aromatic carbocycles. The predicted octanol–water partition coefficient (Wildman–Crippen LogP) is 2.02. The van der Waals surface area contributed by atoms with Crippen LogP contribution in [-0.4, -0.2) is 6.04 Å². The Balaban J connectivity index is 2.12. The van der Waals surface area contributed by atoms with E-state index in [0.29, 0.717) is 11.5 Å². The van der Waals surface area contributed by atoms with Crippen molar-refractivity contribution in [2.45, 2.75) is 39.7 Å². The van der Waals surface area contributed by atoms with E-state index in [1.807, 2.05) is 0 Å². The number of nitrogens with two attached hydrogens (primary N) is 1. The van der Waals surface area contributed by atoms with E-state index < -0.39 is 0 Å². The van der Waals surface area contributed by atoms with Crippen molar-refractivity contribution in [1.82, 2.24) is 0 Å². The molecule has 11 heavy (non-hydrogen) atoms. The van der Waals surface area contributed by atoms with E-state index in [1.54, 1.807) is 0 Å². The molecule has 0 radical (unpaired) electrons. The lowest BCUT2D eigenvalue weighted by Gasteiger charge is -2.24. The summed E-state index contributed by atoms with van der Waals surface area (Å²) in [6.07, 6.45) is 2.78. The van der Waals surface area contributed by atoms with Gasteiger partial charge in [-0.05, 0) is 36.0 Å². The average Bonchev–Trinajstić information content (AvgIpc) is 2.46. The van der Waals surface area contributed by atoms with Crippen LogP contribution in [0.4, 0.5) is 0 Å². The molecule has 1 heteroatoms. The zero-order chi connectivity index (χ0) is 8.22. The van der Waals surface area contributed by atoms with Gasteiger partial charge in [-0.1, -0.05) is 20.8 Å². The van der Waals surface area contributed by atoms with Crippen molar-refractivity contribution in [3.05, 3.63) is 0 Å². The molecule has 0 aliphatic heterocycles. The fraction of sp³-hybridized carbons (Fsp3) is 1.00. The molecule has 0 aromatic heterocycles. The van der Waals surface area contributed by atoms with Crippen LogP contribution in [0, 0.1) is 23.2 Å². The van der Waals surface area contributed by atoms with E-state index in [1.165, 1.54) is 12.8 Å². The van der Waals surface area contributed by atoms with Crippen LogP contribution in [0.3, 0.4) is 0 Å². The Morgan fingerprint density at radius 3 is 2.45 bits per heavy atom. The van der Waals surface area contributed by atoms with Gasteiger partial charge in [-0.15, -0.1) is 0 Å². The van der Waals surface area contributed by atoms with E-state index >= 15 is 0 Å². The summed E-state index contributed by atoms with van der Waals surface area (Å²) < 4.78 is 0. The van der Waals surface area contributed by atoms with Gasteiger partial charge in [0.25, 0.3) is 0 Å². The van der Waals surface area contributed by atoms with Gasteiger partial charge in [0.1, 0.15) is 0 Å². The topological polar surface area (TPSA) is 26.0 Å². The Morgan fingerprint density at radius 1 is 1.27 bits per heavy atom. The zero-order valence-corrected chi connectivity index (χ0v) is 7.80. The second kappa shape index (κ2) is 2.01. The molecule has 2 saturated carbocycles. The van der Waals surface area contributed by atoms with Gasteiger partial charge in [0.15, 0.2) is 0 Å². The summed E-state index contributed by atoms with van der Waals surface area (Å²) in [5.41, 5.74) is 6.71. The van der Waals surface area contributed by atoms with Crippen molar-refractivity contribution in [3.8, 4) is 0 Å². The number of rotatable bonds is 0. The highest BCUT2D eigenvalue weighted by molar-refractivity contribution is 5.12. The summed E-state index contributed by atoms with van der Waals surface area (Å²) >= 11 is 0. The monoisotopic (exact) mass is 153 g/mol. The van der Waals surface area contributed by atoms with Crippen molar-refractivity contribution < 1.29 is 0 Å². The molecule has 0 heterocycles. The van der Waals surface area contributed by atoms with Crippen LogP contribution in [0.1, 0.15) is 33.6 Å².